The SMILES string of the molecule is COC(=O)c1ccc2c3ccc(C#N)c4c(C(=O)OC)ccc(c5ccc(C#N)c1c52)c43. The molecule has 0 aliphatic carbocycles. The van der Waals surface area contributed by atoms with Gasteiger partial charge in [-0.1, -0.05) is 24.3 Å². The molecule has 152 valence electrons. The van der Waals surface area contributed by atoms with E-state index in [0.717, 1.165) is 32.3 Å². The Morgan fingerprint density at radius 1 is 0.594 bits per heavy atom. The number of benzene rings is 5. The second-order valence-electron chi connectivity index (χ2n) is 7.35. The zero-order valence-electron chi connectivity index (χ0n) is 17.1. The zero-order valence-corrected chi connectivity index (χ0v) is 17.1. The van der Waals surface area contributed by atoms with Crippen molar-refractivity contribution in [2.24, 2.45) is 0 Å². The van der Waals surface area contributed by atoms with Gasteiger partial charge < -0.3 is 9.47 Å². The molecule has 5 aromatic carbocycles. The number of rotatable bonds is 2. The number of carbonyl (C=O) groups excluding carboxylic acids is 2. The molecule has 0 spiro atoms. The number of nitrogens with zero attached hydrogens (tertiary/aromatic N) is 2. The van der Waals surface area contributed by atoms with Gasteiger partial charge in [0.25, 0.3) is 0 Å². The minimum atomic E-state index is -0.526. The van der Waals surface area contributed by atoms with E-state index in [4.69, 9.17) is 9.47 Å². The second-order valence-corrected chi connectivity index (χ2v) is 7.35. The predicted molar refractivity (Wildman–Crippen MR) is 120 cm³/mol. The van der Waals surface area contributed by atoms with Crippen molar-refractivity contribution in [3.05, 3.63) is 70.8 Å². The Labute approximate surface area is 182 Å². The molecule has 0 bridgehead atoms. The highest BCUT2D eigenvalue weighted by molar-refractivity contribution is 6.36. The standard InChI is InChI=1S/C26H14N2O4/c1-31-25(29)19-9-7-17-16-6-4-14(12-28)22-20(26(30)32-2)10-8-18(24(16)22)15-5-3-13(11-27)21(19)23(15)17/h3-10H,1-2H3. The van der Waals surface area contributed by atoms with Gasteiger partial charge in [-0.25, -0.2) is 9.59 Å². The normalized spacial score (nSPS) is 11.0. The minimum Gasteiger partial charge on any atom is -0.465 e. The van der Waals surface area contributed by atoms with Crippen LogP contribution in [0.15, 0.2) is 48.5 Å². The lowest BCUT2D eigenvalue weighted by atomic mass is 9.84. The summed E-state index contributed by atoms with van der Waals surface area (Å²) in [5.74, 6) is -1.05. The molecule has 0 radical (unpaired) electrons. The van der Waals surface area contributed by atoms with Crippen LogP contribution in [-0.2, 0) is 9.47 Å². The summed E-state index contributed by atoms with van der Waals surface area (Å²) in [5, 5.41) is 25.3. The van der Waals surface area contributed by atoms with Crippen molar-refractivity contribution in [1.82, 2.24) is 0 Å². The van der Waals surface area contributed by atoms with Gasteiger partial charge in [-0.3, -0.25) is 0 Å². The Balaban J connectivity index is 2.12. The zero-order chi connectivity index (χ0) is 22.6. The monoisotopic (exact) mass is 418 g/mol. The molecule has 0 aliphatic rings. The largest absolute Gasteiger partial charge is 0.465 e. The maximum absolute atomic E-state index is 12.5. The van der Waals surface area contributed by atoms with E-state index in [1.54, 1.807) is 24.3 Å². The van der Waals surface area contributed by atoms with Crippen LogP contribution in [0.25, 0.3) is 43.1 Å². The Kier molecular flexibility index (Phi) is 4.18. The molecule has 0 saturated heterocycles. The van der Waals surface area contributed by atoms with Crippen molar-refractivity contribution in [3.8, 4) is 12.1 Å². The van der Waals surface area contributed by atoms with Gasteiger partial charge >= 0.3 is 11.9 Å². The van der Waals surface area contributed by atoms with Crippen molar-refractivity contribution in [3.63, 3.8) is 0 Å². The molecule has 0 N–H and O–H groups in total. The summed E-state index contributed by atoms with van der Waals surface area (Å²) >= 11 is 0. The first-order valence-electron chi connectivity index (χ1n) is 9.72. The fourth-order valence-corrected chi connectivity index (χ4v) is 4.64. The number of methoxy groups -OCH3 is 2. The molecule has 0 aromatic heterocycles. The lowest BCUT2D eigenvalue weighted by Gasteiger charge is -2.18. The van der Waals surface area contributed by atoms with Gasteiger partial charge in [0.05, 0.1) is 48.6 Å². The van der Waals surface area contributed by atoms with E-state index in [1.807, 2.05) is 24.3 Å². The van der Waals surface area contributed by atoms with Crippen molar-refractivity contribution in [2.45, 2.75) is 0 Å². The summed E-state index contributed by atoms with van der Waals surface area (Å²) in [5.41, 5.74) is 1.35. The third kappa shape index (κ3) is 2.38. The maximum atomic E-state index is 12.5. The number of esters is 2. The first-order chi connectivity index (χ1) is 15.5. The highest BCUT2D eigenvalue weighted by Crippen LogP contribution is 2.43. The van der Waals surface area contributed by atoms with Gasteiger partial charge in [-0.15, -0.1) is 0 Å². The van der Waals surface area contributed by atoms with Crippen LogP contribution in [0.1, 0.15) is 31.8 Å². The van der Waals surface area contributed by atoms with Crippen LogP contribution in [0.4, 0.5) is 0 Å². The minimum absolute atomic E-state index is 0.309. The molecular formula is C26H14N2O4. The first kappa shape index (κ1) is 19.3. The van der Waals surface area contributed by atoms with E-state index in [1.165, 1.54) is 14.2 Å². The molecule has 0 unspecified atom stereocenters. The van der Waals surface area contributed by atoms with Crippen LogP contribution >= 0.6 is 0 Å². The van der Waals surface area contributed by atoms with Crippen molar-refractivity contribution in [1.29, 1.82) is 10.5 Å². The van der Waals surface area contributed by atoms with Gasteiger partial charge in [-0.2, -0.15) is 10.5 Å². The molecule has 6 nitrogen and oxygen atoms in total. The summed E-state index contributed by atoms with van der Waals surface area (Å²) in [6, 6.07) is 18.3. The van der Waals surface area contributed by atoms with E-state index in [0.29, 0.717) is 33.0 Å². The third-order valence-corrected chi connectivity index (χ3v) is 5.95. The van der Waals surface area contributed by atoms with E-state index in [-0.39, 0.29) is 0 Å². The summed E-state index contributed by atoms with van der Waals surface area (Å²) < 4.78 is 9.90. The Morgan fingerprint density at radius 2 is 0.938 bits per heavy atom. The number of nitriles is 2. The fourth-order valence-electron chi connectivity index (χ4n) is 4.64. The topological polar surface area (TPSA) is 100 Å². The Morgan fingerprint density at radius 3 is 1.25 bits per heavy atom. The van der Waals surface area contributed by atoms with Gasteiger partial charge in [-0.05, 0) is 56.6 Å². The predicted octanol–water partition coefficient (Wildman–Crippen LogP) is 5.05. The van der Waals surface area contributed by atoms with Crippen LogP contribution in [0.3, 0.4) is 0 Å². The number of ether oxygens (including phenoxy) is 2. The van der Waals surface area contributed by atoms with Crippen molar-refractivity contribution < 1.29 is 19.1 Å². The molecule has 0 aliphatic heterocycles. The maximum Gasteiger partial charge on any atom is 0.338 e. The molecular weight excluding hydrogens is 404 g/mol. The van der Waals surface area contributed by atoms with E-state index in [9.17, 15) is 20.1 Å². The fraction of sp³-hybridized carbons (Fsp3) is 0.0769. The van der Waals surface area contributed by atoms with E-state index in [2.05, 4.69) is 12.1 Å². The van der Waals surface area contributed by atoms with Gasteiger partial charge in [0.1, 0.15) is 0 Å². The Bertz CT molecular complexity index is 1560. The number of hydrogen-bond donors (Lipinski definition) is 0. The molecule has 0 amide bonds. The lowest BCUT2D eigenvalue weighted by Crippen LogP contribution is -2.05. The number of carbonyl (C=O) groups is 2. The summed E-state index contributed by atoms with van der Waals surface area (Å²) in [7, 11) is 2.61. The molecule has 0 atom stereocenters. The third-order valence-electron chi connectivity index (χ3n) is 5.95. The van der Waals surface area contributed by atoms with Crippen molar-refractivity contribution in [2.75, 3.05) is 14.2 Å². The molecule has 6 heteroatoms. The first-order valence-corrected chi connectivity index (χ1v) is 9.72. The van der Waals surface area contributed by atoms with E-state index < -0.39 is 11.9 Å². The summed E-state index contributed by atoms with van der Waals surface area (Å²) in [6.07, 6.45) is 0. The highest BCUT2D eigenvalue weighted by Gasteiger charge is 2.23. The van der Waals surface area contributed by atoms with Gasteiger partial charge in [0.2, 0.25) is 0 Å². The second kappa shape index (κ2) is 6.94. The molecule has 5 rings (SSSR count). The van der Waals surface area contributed by atoms with E-state index >= 15 is 0 Å². The number of fused-ring (bicyclic) bond motifs is 2. The molecule has 32 heavy (non-hydrogen) atoms. The van der Waals surface area contributed by atoms with Crippen LogP contribution < -0.4 is 0 Å². The smallest absolute Gasteiger partial charge is 0.338 e. The van der Waals surface area contributed by atoms with Crippen LogP contribution in [0.5, 0.6) is 0 Å². The van der Waals surface area contributed by atoms with Crippen LogP contribution in [0, 0.1) is 22.7 Å². The van der Waals surface area contributed by atoms with Crippen molar-refractivity contribution >= 4 is 55.0 Å². The summed E-state index contributed by atoms with van der Waals surface area (Å²) in [4.78, 5) is 25.0. The lowest BCUT2D eigenvalue weighted by molar-refractivity contribution is 0.0594. The quantitative estimate of drug-likeness (QED) is 0.226. The van der Waals surface area contributed by atoms with Crippen LogP contribution in [-0.4, -0.2) is 26.2 Å². The number of hydrogen-bond acceptors (Lipinski definition) is 6. The van der Waals surface area contributed by atoms with Gasteiger partial charge in [0, 0.05) is 10.8 Å². The molecule has 0 fully saturated rings. The molecule has 0 saturated carbocycles. The summed E-state index contributed by atoms with van der Waals surface area (Å²) in [6.45, 7) is 0. The average molecular weight is 418 g/mol. The molecule has 5 aromatic rings. The molecule has 0 heterocycles. The highest BCUT2D eigenvalue weighted by atomic mass is 16.5. The average Bonchev–Trinajstić information content (AvgIpc) is 2.85. The Hall–Kier alpha value is -4.68. The van der Waals surface area contributed by atoms with Crippen LogP contribution in [0.2, 0.25) is 0 Å². The van der Waals surface area contributed by atoms with Gasteiger partial charge in [0.15, 0.2) is 0 Å².